The summed E-state index contributed by atoms with van der Waals surface area (Å²) in [6.07, 6.45) is 3.82. The number of benzene rings is 1. The van der Waals surface area contributed by atoms with Gasteiger partial charge in [-0.05, 0) is 43.9 Å². The van der Waals surface area contributed by atoms with E-state index >= 15 is 0 Å². The first-order chi connectivity index (χ1) is 10.3. The van der Waals surface area contributed by atoms with Crippen molar-refractivity contribution in [2.45, 2.75) is 38.8 Å². The van der Waals surface area contributed by atoms with E-state index < -0.39 is 0 Å². The van der Waals surface area contributed by atoms with Crippen LogP contribution in [0.4, 0.5) is 0 Å². The van der Waals surface area contributed by atoms with Crippen molar-refractivity contribution in [1.82, 2.24) is 10.6 Å². The molecule has 0 aliphatic carbocycles. The molecule has 1 fully saturated rings. The van der Waals surface area contributed by atoms with Gasteiger partial charge in [0.05, 0.1) is 12.6 Å². The zero-order valence-corrected chi connectivity index (χ0v) is 16.1. The fourth-order valence-electron chi connectivity index (χ4n) is 2.33. The van der Waals surface area contributed by atoms with Crippen LogP contribution in [0.3, 0.4) is 0 Å². The summed E-state index contributed by atoms with van der Waals surface area (Å²) in [5.41, 5.74) is 1.15. The molecule has 22 heavy (non-hydrogen) atoms. The van der Waals surface area contributed by atoms with Crippen molar-refractivity contribution in [2.24, 2.45) is 4.99 Å². The van der Waals surface area contributed by atoms with Crippen LogP contribution in [0, 0.1) is 0 Å². The third kappa shape index (κ3) is 7.15. The Kier molecular flexibility index (Phi) is 9.82. The Morgan fingerprint density at radius 3 is 2.73 bits per heavy atom. The van der Waals surface area contributed by atoms with E-state index in [1.807, 2.05) is 24.3 Å². The van der Waals surface area contributed by atoms with Crippen LogP contribution < -0.4 is 10.6 Å². The lowest BCUT2D eigenvalue weighted by molar-refractivity contribution is 0.105. The molecule has 0 bridgehead atoms. The Morgan fingerprint density at radius 2 is 2.09 bits per heavy atom. The highest BCUT2D eigenvalue weighted by atomic mass is 127. The Bertz CT molecular complexity index is 447. The molecule has 0 radical (unpaired) electrons. The minimum absolute atomic E-state index is 0. The highest BCUT2D eigenvalue weighted by molar-refractivity contribution is 14.0. The zero-order valence-electron chi connectivity index (χ0n) is 13.0. The summed E-state index contributed by atoms with van der Waals surface area (Å²) < 4.78 is 5.62. The summed E-state index contributed by atoms with van der Waals surface area (Å²) in [6, 6.07) is 7.79. The summed E-state index contributed by atoms with van der Waals surface area (Å²) in [6.45, 7) is 5.37. The number of nitrogens with zero attached hydrogens (tertiary/aromatic N) is 1. The molecular weight excluding hydrogens is 413 g/mol. The molecule has 2 N–H and O–H groups in total. The molecule has 0 saturated carbocycles. The maximum atomic E-state index is 5.88. The fourth-order valence-corrected chi connectivity index (χ4v) is 2.45. The van der Waals surface area contributed by atoms with Gasteiger partial charge in [-0.25, -0.2) is 4.99 Å². The van der Waals surface area contributed by atoms with E-state index in [9.17, 15) is 0 Å². The van der Waals surface area contributed by atoms with Gasteiger partial charge in [0.1, 0.15) is 0 Å². The smallest absolute Gasteiger partial charge is 0.191 e. The van der Waals surface area contributed by atoms with Crippen LogP contribution in [-0.2, 0) is 11.3 Å². The van der Waals surface area contributed by atoms with E-state index in [1.165, 1.54) is 12.8 Å². The summed E-state index contributed by atoms with van der Waals surface area (Å²) in [7, 11) is 0. The molecule has 1 unspecified atom stereocenters. The number of hydrogen-bond acceptors (Lipinski definition) is 2. The van der Waals surface area contributed by atoms with Crippen molar-refractivity contribution in [2.75, 3.05) is 19.7 Å². The lowest BCUT2D eigenvalue weighted by Gasteiger charge is -2.13. The summed E-state index contributed by atoms with van der Waals surface area (Å²) in [4.78, 5) is 4.59. The molecular formula is C16H25ClIN3O. The Morgan fingerprint density at radius 1 is 1.32 bits per heavy atom. The quantitative estimate of drug-likeness (QED) is 0.406. The maximum Gasteiger partial charge on any atom is 0.191 e. The summed E-state index contributed by atoms with van der Waals surface area (Å²) in [5.74, 6) is 0.852. The Balaban J connectivity index is 0.00000242. The number of guanidine groups is 1. The fraction of sp³-hybridized carbons (Fsp3) is 0.562. The topological polar surface area (TPSA) is 45.7 Å². The van der Waals surface area contributed by atoms with Crippen LogP contribution in [0.2, 0.25) is 5.02 Å². The minimum Gasteiger partial charge on any atom is -0.378 e. The second-order valence-corrected chi connectivity index (χ2v) is 5.61. The van der Waals surface area contributed by atoms with Crippen molar-refractivity contribution < 1.29 is 4.74 Å². The van der Waals surface area contributed by atoms with E-state index in [2.05, 4.69) is 22.5 Å². The Labute approximate surface area is 155 Å². The molecule has 0 aromatic heterocycles. The number of hydrogen-bond donors (Lipinski definition) is 2. The molecule has 4 nitrogen and oxygen atoms in total. The van der Waals surface area contributed by atoms with E-state index in [0.717, 1.165) is 42.7 Å². The number of aliphatic imine (C=N–C) groups is 1. The summed E-state index contributed by atoms with van der Waals surface area (Å²) >= 11 is 5.88. The molecule has 1 aliphatic rings. The molecule has 1 aliphatic heterocycles. The minimum atomic E-state index is 0. The average Bonchev–Trinajstić information content (AvgIpc) is 3.00. The largest absolute Gasteiger partial charge is 0.378 e. The van der Waals surface area contributed by atoms with Crippen LogP contribution in [-0.4, -0.2) is 31.8 Å². The normalized spacial score (nSPS) is 17.9. The van der Waals surface area contributed by atoms with E-state index in [4.69, 9.17) is 16.3 Å². The molecule has 6 heteroatoms. The third-order valence-corrected chi connectivity index (χ3v) is 3.71. The number of halogens is 2. The van der Waals surface area contributed by atoms with Gasteiger partial charge in [0.15, 0.2) is 5.96 Å². The van der Waals surface area contributed by atoms with Crippen LogP contribution in [0.5, 0.6) is 0 Å². The standard InChI is InChI=1S/C16H24ClN3O.HI/c1-2-18-16(19-10-9-15-4-3-11-21-15)20-12-13-5-7-14(17)8-6-13;/h5-8,15H,2-4,9-12H2,1H3,(H2,18,19,20);1H. The first kappa shape index (κ1) is 19.5. The van der Waals surface area contributed by atoms with Crippen molar-refractivity contribution >= 4 is 41.5 Å². The lowest BCUT2D eigenvalue weighted by Crippen LogP contribution is -2.38. The molecule has 124 valence electrons. The number of ether oxygens (including phenoxy) is 1. The molecule has 1 heterocycles. The predicted molar refractivity (Wildman–Crippen MR) is 103 cm³/mol. The van der Waals surface area contributed by atoms with E-state index in [1.54, 1.807) is 0 Å². The SMILES string of the molecule is CCNC(=NCc1ccc(Cl)cc1)NCCC1CCCO1.I. The third-order valence-electron chi connectivity index (χ3n) is 3.46. The molecule has 1 saturated heterocycles. The van der Waals surface area contributed by atoms with Gasteiger partial charge in [-0.15, -0.1) is 24.0 Å². The van der Waals surface area contributed by atoms with Gasteiger partial charge < -0.3 is 15.4 Å². The maximum absolute atomic E-state index is 5.88. The van der Waals surface area contributed by atoms with E-state index in [0.29, 0.717) is 12.6 Å². The number of rotatable bonds is 6. The lowest BCUT2D eigenvalue weighted by atomic mass is 10.2. The van der Waals surface area contributed by atoms with Gasteiger partial charge in [0.2, 0.25) is 0 Å². The van der Waals surface area contributed by atoms with Crippen molar-refractivity contribution in [1.29, 1.82) is 0 Å². The first-order valence-corrected chi connectivity index (χ1v) is 8.04. The second kappa shape index (κ2) is 11.1. The van der Waals surface area contributed by atoms with Gasteiger partial charge in [-0.3, -0.25) is 0 Å². The van der Waals surface area contributed by atoms with E-state index in [-0.39, 0.29) is 24.0 Å². The molecule has 1 aromatic carbocycles. The monoisotopic (exact) mass is 437 g/mol. The zero-order chi connectivity index (χ0) is 14.9. The molecule has 1 atom stereocenters. The second-order valence-electron chi connectivity index (χ2n) is 5.17. The van der Waals surface area contributed by atoms with Crippen molar-refractivity contribution in [3.05, 3.63) is 34.9 Å². The van der Waals surface area contributed by atoms with Crippen LogP contribution >= 0.6 is 35.6 Å². The first-order valence-electron chi connectivity index (χ1n) is 7.66. The van der Waals surface area contributed by atoms with Gasteiger partial charge >= 0.3 is 0 Å². The highest BCUT2D eigenvalue weighted by Crippen LogP contribution is 2.14. The van der Waals surface area contributed by atoms with Crippen LogP contribution in [0.1, 0.15) is 31.7 Å². The van der Waals surface area contributed by atoms with Gasteiger partial charge in [-0.1, -0.05) is 23.7 Å². The molecule has 1 aromatic rings. The van der Waals surface area contributed by atoms with Crippen LogP contribution in [0.25, 0.3) is 0 Å². The predicted octanol–water partition coefficient (Wildman–Crippen LogP) is 3.58. The highest BCUT2D eigenvalue weighted by Gasteiger charge is 2.14. The molecule has 2 rings (SSSR count). The van der Waals surface area contributed by atoms with Gasteiger partial charge in [-0.2, -0.15) is 0 Å². The summed E-state index contributed by atoms with van der Waals surface area (Å²) in [5, 5.41) is 7.38. The van der Waals surface area contributed by atoms with Crippen molar-refractivity contribution in [3.63, 3.8) is 0 Å². The average molecular weight is 438 g/mol. The van der Waals surface area contributed by atoms with Crippen molar-refractivity contribution in [3.8, 4) is 0 Å². The molecule has 0 spiro atoms. The van der Waals surface area contributed by atoms with Gasteiger partial charge in [0.25, 0.3) is 0 Å². The number of nitrogens with one attached hydrogen (secondary N) is 2. The Hall–Kier alpha value is -0.530. The van der Waals surface area contributed by atoms with Gasteiger partial charge in [0, 0.05) is 24.7 Å². The van der Waals surface area contributed by atoms with Crippen LogP contribution in [0.15, 0.2) is 29.3 Å². The molecule has 0 amide bonds.